The number of fused-ring (bicyclic) bond motifs is 1. The molecule has 0 fully saturated rings. The number of hydrogen-bond donors (Lipinski definition) is 1. The number of nitrogens with one attached hydrogen (secondary N) is 1. The topological polar surface area (TPSA) is 73.3 Å². The Bertz CT molecular complexity index is 962. The molecule has 0 radical (unpaired) electrons. The number of carbonyl (C=O) groups excluding carboxylic acids is 1. The van der Waals surface area contributed by atoms with Gasteiger partial charge in [-0.05, 0) is 23.3 Å². The lowest BCUT2D eigenvalue weighted by Crippen LogP contribution is -2.17. The average Bonchev–Trinajstić information content (AvgIpc) is 3.09. The van der Waals surface area contributed by atoms with Crippen LogP contribution in [0.4, 0.5) is 5.13 Å². The summed E-state index contributed by atoms with van der Waals surface area (Å²) in [6.07, 6.45) is 0.843. The third-order valence-corrected chi connectivity index (χ3v) is 5.05. The van der Waals surface area contributed by atoms with E-state index in [0.717, 1.165) is 16.1 Å². The molecule has 2 aromatic carbocycles. The van der Waals surface area contributed by atoms with Crippen LogP contribution in [0.5, 0.6) is 11.5 Å². The number of aromatic nitrogens is 2. The van der Waals surface area contributed by atoms with Crippen molar-refractivity contribution in [3.63, 3.8) is 0 Å². The largest absolute Gasteiger partial charge is 0.486 e. The molecule has 1 aliphatic rings. The fraction of sp³-hybridized carbons (Fsp3) is 0.211. The van der Waals surface area contributed by atoms with Gasteiger partial charge >= 0.3 is 0 Å². The minimum atomic E-state index is -0.190. The smallest absolute Gasteiger partial charge is 0.230 e. The lowest BCUT2D eigenvalue weighted by Gasteiger charge is -2.20. The van der Waals surface area contributed by atoms with Crippen molar-refractivity contribution in [2.24, 2.45) is 0 Å². The number of hydrogen-bond acceptors (Lipinski definition) is 6. The summed E-state index contributed by atoms with van der Waals surface area (Å²) in [5, 5.41) is 12.7. The van der Waals surface area contributed by atoms with Crippen molar-refractivity contribution in [3.05, 3.63) is 63.6 Å². The van der Waals surface area contributed by atoms with E-state index in [2.05, 4.69) is 15.5 Å². The molecule has 8 heteroatoms. The summed E-state index contributed by atoms with van der Waals surface area (Å²) in [4.78, 5) is 12.3. The van der Waals surface area contributed by atoms with Gasteiger partial charge in [-0.15, -0.1) is 10.2 Å². The zero-order valence-electron chi connectivity index (χ0n) is 14.3. The molecule has 2 heterocycles. The maximum atomic E-state index is 12.3. The number of halogens is 1. The molecule has 0 atom stereocenters. The molecule has 4 rings (SSSR count). The maximum absolute atomic E-state index is 12.3. The van der Waals surface area contributed by atoms with Gasteiger partial charge in [-0.2, -0.15) is 0 Å². The van der Waals surface area contributed by atoms with E-state index in [1.807, 2.05) is 30.3 Å². The molecule has 3 aromatic rings. The van der Waals surface area contributed by atoms with Crippen LogP contribution in [0, 0.1) is 0 Å². The Kier molecular flexibility index (Phi) is 5.22. The molecule has 0 saturated heterocycles. The lowest BCUT2D eigenvalue weighted by atomic mass is 10.1. The second-order valence-corrected chi connectivity index (χ2v) is 7.46. The monoisotopic (exact) mass is 401 g/mol. The van der Waals surface area contributed by atoms with E-state index in [9.17, 15) is 4.79 Å². The van der Waals surface area contributed by atoms with E-state index in [1.54, 1.807) is 12.1 Å². The van der Waals surface area contributed by atoms with Gasteiger partial charge in [-0.1, -0.05) is 53.3 Å². The van der Waals surface area contributed by atoms with Gasteiger partial charge in [0.15, 0.2) is 11.5 Å². The van der Waals surface area contributed by atoms with Crippen molar-refractivity contribution in [1.82, 2.24) is 10.2 Å². The van der Waals surface area contributed by atoms with E-state index in [1.165, 1.54) is 11.3 Å². The molecule has 1 aliphatic heterocycles. The molecule has 1 N–H and O–H groups in total. The number of benzene rings is 2. The Morgan fingerprint density at radius 1 is 1.11 bits per heavy atom. The first-order valence-electron chi connectivity index (χ1n) is 8.41. The van der Waals surface area contributed by atoms with Crippen molar-refractivity contribution in [2.45, 2.75) is 12.8 Å². The second kappa shape index (κ2) is 7.94. The number of amides is 1. The van der Waals surface area contributed by atoms with E-state index < -0.39 is 0 Å². The summed E-state index contributed by atoms with van der Waals surface area (Å²) in [6.45, 7) is 0.933. The minimum absolute atomic E-state index is 0.157. The van der Waals surface area contributed by atoms with Gasteiger partial charge in [0.25, 0.3) is 0 Å². The Morgan fingerprint density at radius 2 is 1.93 bits per heavy atom. The SMILES string of the molecule is O=C(Cc1cc(Cl)c2c(c1)OCCO2)Nc1nnc(Cc2ccccc2)s1. The van der Waals surface area contributed by atoms with Crippen LogP contribution in [0.2, 0.25) is 5.02 Å². The zero-order chi connectivity index (χ0) is 18.6. The summed E-state index contributed by atoms with van der Waals surface area (Å²) < 4.78 is 11.0. The minimum Gasteiger partial charge on any atom is -0.486 e. The molecular formula is C19H16ClN3O3S. The van der Waals surface area contributed by atoms with Crippen LogP contribution >= 0.6 is 22.9 Å². The van der Waals surface area contributed by atoms with Gasteiger partial charge < -0.3 is 14.8 Å². The molecular weight excluding hydrogens is 386 g/mol. The van der Waals surface area contributed by atoms with Crippen LogP contribution in [0.1, 0.15) is 16.1 Å². The van der Waals surface area contributed by atoms with E-state index >= 15 is 0 Å². The standard InChI is InChI=1S/C19H16ClN3O3S/c20-14-8-13(9-15-18(14)26-7-6-25-15)10-16(24)21-19-23-22-17(27-19)11-12-4-2-1-3-5-12/h1-5,8-9H,6-7,10-11H2,(H,21,23,24). The highest BCUT2D eigenvalue weighted by Gasteiger charge is 2.18. The van der Waals surface area contributed by atoms with Crippen molar-refractivity contribution < 1.29 is 14.3 Å². The zero-order valence-corrected chi connectivity index (χ0v) is 15.8. The van der Waals surface area contributed by atoms with Crippen LogP contribution in [0.3, 0.4) is 0 Å². The summed E-state index contributed by atoms with van der Waals surface area (Å²) in [5.74, 6) is 0.907. The molecule has 0 bridgehead atoms. The summed E-state index contributed by atoms with van der Waals surface area (Å²) >= 11 is 7.58. The van der Waals surface area contributed by atoms with Crippen molar-refractivity contribution in [3.8, 4) is 11.5 Å². The van der Waals surface area contributed by atoms with Gasteiger partial charge in [-0.25, -0.2) is 0 Å². The number of nitrogens with zero attached hydrogens (tertiary/aromatic N) is 2. The van der Waals surface area contributed by atoms with E-state index in [-0.39, 0.29) is 12.3 Å². The van der Waals surface area contributed by atoms with Crippen LogP contribution in [0.15, 0.2) is 42.5 Å². The molecule has 0 unspecified atom stereocenters. The van der Waals surface area contributed by atoms with Crippen LogP contribution < -0.4 is 14.8 Å². The Hall–Kier alpha value is -2.64. The van der Waals surface area contributed by atoms with Gasteiger partial charge in [0.2, 0.25) is 11.0 Å². The van der Waals surface area contributed by atoms with Crippen molar-refractivity contribution >= 4 is 34.0 Å². The van der Waals surface area contributed by atoms with Crippen LogP contribution in [-0.4, -0.2) is 29.3 Å². The number of carbonyl (C=O) groups is 1. The number of anilines is 1. The Labute approximate surface area is 165 Å². The fourth-order valence-electron chi connectivity index (χ4n) is 2.76. The third kappa shape index (κ3) is 4.37. The highest BCUT2D eigenvalue weighted by molar-refractivity contribution is 7.15. The molecule has 27 heavy (non-hydrogen) atoms. The highest BCUT2D eigenvalue weighted by atomic mass is 35.5. The fourth-order valence-corrected chi connectivity index (χ4v) is 3.84. The molecule has 138 valence electrons. The summed E-state index contributed by atoms with van der Waals surface area (Å²) in [5.41, 5.74) is 1.90. The molecule has 0 spiro atoms. The Morgan fingerprint density at radius 3 is 2.78 bits per heavy atom. The predicted molar refractivity (Wildman–Crippen MR) is 104 cm³/mol. The van der Waals surface area contributed by atoms with E-state index in [4.69, 9.17) is 21.1 Å². The number of rotatable bonds is 5. The maximum Gasteiger partial charge on any atom is 0.230 e. The van der Waals surface area contributed by atoms with Gasteiger partial charge in [0, 0.05) is 6.42 Å². The first kappa shape index (κ1) is 17.8. The summed E-state index contributed by atoms with van der Waals surface area (Å²) in [7, 11) is 0. The quantitative estimate of drug-likeness (QED) is 0.705. The molecule has 1 amide bonds. The number of ether oxygens (including phenoxy) is 2. The third-order valence-electron chi connectivity index (χ3n) is 3.93. The highest BCUT2D eigenvalue weighted by Crippen LogP contribution is 2.38. The lowest BCUT2D eigenvalue weighted by molar-refractivity contribution is -0.115. The van der Waals surface area contributed by atoms with E-state index in [0.29, 0.717) is 41.3 Å². The first-order chi connectivity index (χ1) is 13.2. The molecule has 6 nitrogen and oxygen atoms in total. The van der Waals surface area contributed by atoms with Gasteiger partial charge in [-0.3, -0.25) is 4.79 Å². The first-order valence-corrected chi connectivity index (χ1v) is 9.61. The predicted octanol–water partition coefficient (Wildman–Crippen LogP) is 3.73. The normalized spacial score (nSPS) is 12.6. The summed E-state index contributed by atoms with van der Waals surface area (Å²) in [6, 6.07) is 13.5. The van der Waals surface area contributed by atoms with Crippen molar-refractivity contribution in [2.75, 3.05) is 18.5 Å². The van der Waals surface area contributed by atoms with Gasteiger partial charge in [0.1, 0.15) is 18.2 Å². The Balaban J connectivity index is 1.39. The average molecular weight is 402 g/mol. The molecule has 0 aliphatic carbocycles. The molecule has 1 aromatic heterocycles. The molecule has 0 saturated carbocycles. The van der Waals surface area contributed by atoms with Gasteiger partial charge in [0.05, 0.1) is 11.4 Å². The van der Waals surface area contributed by atoms with Crippen LogP contribution in [-0.2, 0) is 17.6 Å². The van der Waals surface area contributed by atoms with Crippen LogP contribution in [0.25, 0.3) is 0 Å². The van der Waals surface area contributed by atoms with Crippen molar-refractivity contribution in [1.29, 1.82) is 0 Å². The second-order valence-electron chi connectivity index (χ2n) is 5.99.